The van der Waals surface area contributed by atoms with Gasteiger partial charge in [0.2, 0.25) is 5.91 Å². The number of benzene rings is 1. The predicted octanol–water partition coefficient (Wildman–Crippen LogP) is 1.86. The summed E-state index contributed by atoms with van der Waals surface area (Å²) in [5.41, 5.74) is 1.00. The first-order chi connectivity index (χ1) is 13.5. The van der Waals surface area contributed by atoms with Crippen LogP contribution in [0.5, 0.6) is 5.75 Å². The van der Waals surface area contributed by atoms with E-state index in [0.717, 1.165) is 37.0 Å². The molecular formula is C20H23N5O3. The minimum absolute atomic E-state index is 0.0492. The summed E-state index contributed by atoms with van der Waals surface area (Å²) in [6.07, 6.45) is 3.92. The summed E-state index contributed by atoms with van der Waals surface area (Å²) in [6.45, 7) is 1.74. The fourth-order valence-corrected chi connectivity index (χ4v) is 3.96. The van der Waals surface area contributed by atoms with Crippen molar-refractivity contribution in [3.63, 3.8) is 0 Å². The number of rotatable bonds is 5. The zero-order valence-electron chi connectivity index (χ0n) is 16.0. The Morgan fingerprint density at radius 2 is 2.07 bits per heavy atom. The van der Waals surface area contributed by atoms with Gasteiger partial charge in [-0.15, -0.1) is 0 Å². The number of hydrogen-bond acceptors (Lipinski definition) is 5. The van der Waals surface area contributed by atoms with Gasteiger partial charge in [0, 0.05) is 11.8 Å². The Morgan fingerprint density at radius 1 is 1.29 bits per heavy atom. The van der Waals surface area contributed by atoms with E-state index in [1.54, 1.807) is 14.0 Å². The van der Waals surface area contributed by atoms with Gasteiger partial charge in [-0.25, -0.2) is 4.98 Å². The third kappa shape index (κ3) is 3.37. The van der Waals surface area contributed by atoms with E-state index >= 15 is 0 Å². The average molecular weight is 381 g/mol. The third-order valence-corrected chi connectivity index (χ3v) is 5.29. The first kappa shape index (κ1) is 18.2. The molecule has 2 heterocycles. The highest BCUT2D eigenvalue weighted by Gasteiger charge is 2.37. The van der Waals surface area contributed by atoms with Crippen LogP contribution in [0.25, 0.3) is 5.78 Å². The Hall–Kier alpha value is -3.16. The Morgan fingerprint density at radius 3 is 2.82 bits per heavy atom. The maximum Gasteiger partial charge on any atom is 0.274 e. The van der Waals surface area contributed by atoms with Crippen molar-refractivity contribution >= 4 is 11.7 Å². The molecule has 2 aromatic heterocycles. The third-order valence-electron chi connectivity index (χ3n) is 5.29. The summed E-state index contributed by atoms with van der Waals surface area (Å²) in [5.74, 6) is 1.31. The van der Waals surface area contributed by atoms with Crippen LogP contribution in [-0.4, -0.2) is 32.6 Å². The van der Waals surface area contributed by atoms with E-state index in [0.29, 0.717) is 11.5 Å². The van der Waals surface area contributed by atoms with Crippen molar-refractivity contribution in [2.75, 3.05) is 7.11 Å². The van der Waals surface area contributed by atoms with Crippen LogP contribution in [0.3, 0.4) is 0 Å². The molecule has 1 aliphatic rings. The van der Waals surface area contributed by atoms with Crippen molar-refractivity contribution in [3.05, 3.63) is 57.8 Å². The van der Waals surface area contributed by atoms with Crippen LogP contribution in [0.4, 0.5) is 0 Å². The van der Waals surface area contributed by atoms with Gasteiger partial charge in [0.1, 0.15) is 11.6 Å². The summed E-state index contributed by atoms with van der Waals surface area (Å²) < 4.78 is 6.60. The molecule has 4 rings (SSSR count). The summed E-state index contributed by atoms with van der Waals surface area (Å²) in [5, 5.41) is 6.08. The van der Waals surface area contributed by atoms with Crippen molar-refractivity contribution in [2.24, 2.45) is 0 Å². The zero-order chi connectivity index (χ0) is 19.7. The van der Waals surface area contributed by atoms with Crippen molar-refractivity contribution in [1.82, 2.24) is 24.9 Å². The van der Waals surface area contributed by atoms with E-state index in [2.05, 4.69) is 20.4 Å². The van der Waals surface area contributed by atoms with Gasteiger partial charge in [0.15, 0.2) is 0 Å². The summed E-state index contributed by atoms with van der Waals surface area (Å²) in [7, 11) is 1.64. The number of nitrogens with zero attached hydrogens (tertiary/aromatic N) is 3. The first-order valence-electron chi connectivity index (χ1n) is 9.40. The molecule has 0 bridgehead atoms. The molecule has 0 spiro atoms. The highest BCUT2D eigenvalue weighted by molar-refractivity contribution is 5.79. The van der Waals surface area contributed by atoms with Gasteiger partial charge in [0.25, 0.3) is 11.3 Å². The molecular weight excluding hydrogens is 358 g/mol. The van der Waals surface area contributed by atoms with Crippen LogP contribution in [0.1, 0.15) is 42.8 Å². The number of carbonyl (C=O) groups excluding carboxylic acids is 1. The number of aryl methyl sites for hydroxylation is 1. The minimum atomic E-state index is -0.399. The normalized spacial score (nSPS) is 15.6. The maximum atomic E-state index is 12.8. The summed E-state index contributed by atoms with van der Waals surface area (Å²) in [6, 6.07) is 9.28. The molecule has 1 saturated carbocycles. The fourth-order valence-electron chi connectivity index (χ4n) is 3.96. The van der Waals surface area contributed by atoms with E-state index in [1.807, 2.05) is 24.3 Å². The summed E-state index contributed by atoms with van der Waals surface area (Å²) in [4.78, 5) is 33.3. The van der Waals surface area contributed by atoms with Crippen molar-refractivity contribution in [3.8, 4) is 5.75 Å². The monoisotopic (exact) mass is 381 g/mol. The number of nitrogens with one attached hydrogen (secondary N) is 2. The molecule has 0 unspecified atom stereocenters. The largest absolute Gasteiger partial charge is 0.497 e. The molecule has 3 aromatic rings. The number of H-pyrrole nitrogens is 1. The molecule has 1 aromatic carbocycles. The number of aromatic amines is 1. The Balaban J connectivity index is 1.57. The lowest BCUT2D eigenvalue weighted by Gasteiger charge is -2.31. The molecule has 0 atom stereocenters. The molecule has 8 nitrogen and oxygen atoms in total. The van der Waals surface area contributed by atoms with Crippen LogP contribution in [0.2, 0.25) is 0 Å². The molecule has 1 amide bonds. The van der Waals surface area contributed by atoms with Crippen LogP contribution in [-0.2, 0) is 16.8 Å². The lowest BCUT2D eigenvalue weighted by atomic mass is 9.87. The van der Waals surface area contributed by atoms with Crippen LogP contribution < -0.4 is 15.6 Å². The zero-order valence-corrected chi connectivity index (χ0v) is 16.0. The lowest BCUT2D eigenvalue weighted by Crippen LogP contribution is -2.44. The number of methoxy groups -OCH3 is 1. The second-order valence-electron chi connectivity index (χ2n) is 7.29. The number of hydrogen-bond donors (Lipinski definition) is 2. The SMILES string of the molecule is COc1cccc(C2(NC(=O)Cc3nc4nc(C)cc(=O)n4[nH]3)CCCC2)c1. The number of aromatic nitrogens is 4. The highest BCUT2D eigenvalue weighted by Crippen LogP contribution is 2.39. The van der Waals surface area contributed by atoms with Crippen LogP contribution in [0, 0.1) is 6.92 Å². The number of fused-ring (bicyclic) bond motifs is 1. The van der Waals surface area contributed by atoms with E-state index < -0.39 is 5.54 Å². The van der Waals surface area contributed by atoms with E-state index in [-0.39, 0.29) is 23.7 Å². The van der Waals surface area contributed by atoms with Crippen molar-refractivity contribution in [1.29, 1.82) is 0 Å². The Labute approximate surface area is 161 Å². The average Bonchev–Trinajstić information content (AvgIpc) is 3.29. The predicted molar refractivity (Wildman–Crippen MR) is 103 cm³/mol. The van der Waals surface area contributed by atoms with Gasteiger partial charge in [0.05, 0.1) is 19.1 Å². The Bertz CT molecular complexity index is 1080. The fraction of sp³-hybridized carbons (Fsp3) is 0.400. The van der Waals surface area contributed by atoms with Gasteiger partial charge < -0.3 is 10.1 Å². The van der Waals surface area contributed by atoms with E-state index in [9.17, 15) is 9.59 Å². The van der Waals surface area contributed by atoms with Gasteiger partial charge in [-0.3, -0.25) is 14.7 Å². The smallest absolute Gasteiger partial charge is 0.274 e. The quantitative estimate of drug-likeness (QED) is 0.702. The van der Waals surface area contributed by atoms with Crippen LogP contribution in [0.15, 0.2) is 35.1 Å². The molecule has 0 radical (unpaired) electrons. The van der Waals surface area contributed by atoms with Gasteiger partial charge in [-0.05, 0) is 37.5 Å². The maximum absolute atomic E-state index is 12.8. The molecule has 8 heteroatoms. The van der Waals surface area contributed by atoms with E-state index in [1.165, 1.54) is 10.6 Å². The van der Waals surface area contributed by atoms with E-state index in [4.69, 9.17) is 4.74 Å². The second-order valence-corrected chi connectivity index (χ2v) is 7.29. The molecule has 146 valence electrons. The number of amides is 1. The van der Waals surface area contributed by atoms with Gasteiger partial charge in [-0.1, -0.05) is 25.0 Å². The second kappa shape index (κ2) is 7.10. The van der Waals surface area contributed by atoms with Gasteiger partial charge >= 0.3 is 0 Å². The molecule has 2 N–H and O–H groups in total. The lowest BCUT2D eigenvalue weighted by molar-refractivity contribution is -0.122. The standard InChI is InChI=1S/C20H23N5O3/c1-13-10-18(27)25-19(21-13)22-16(24-25)12-17(26)23-20(8-3-4-9-20)14-6-5-7-15(11-14)28-2/h5-7,10-11H,3-4,8-9,12H2,1-2H3,(H,23,26)(H,21,22,24). The summed E-state index contributed by atoms with van der Waals surface area (Å²) >= 11 is 0. The van der Waals surface area contributed by atoms with Crippen LogP contribution >= 0.6 is 0 Å². The van der Waals surface area contributed by atoms with Gasteiger partial charge in [-0.2, -0.15) is 9.50 Å². The topological polar surface area (TPSA) is 101 Å². The number of carbonyl (C=O) groups is 1. The molecule has 0 saturated heterocycles. The Kier molecular flexibility index (Phi) is 4.62. The highest BCUT2D eigenvalue weighted by atomic mass is 16.5. The minimum Gasteiger partial charge on any atom is -0.497 e. The first-order valence-corrected chi connectivity index (χ1v) is 9.40. The van der Waals surface area contributed by atoms with Crippen molar-refractivity contribution in [2.45, 2.75) is 44.6 Å². The molecule has 28 heavy (non-hydrogen) atoms. The molecule has 0 aliphatic heterocycles. The van der Waals surface area contributed by atoms with Crippen molar-refractivity contribution < 1.29 is 9.53 Å². The molecule has 1 aliphatic carbocycles. The number of ether oxygens (including phenoxy) is 1. The molecule has 1 fully saturated rings.